The quantitative estimate of drug-likeness (QED) is 0.766. The molecule has 92 valence electrons. The molecular formula is C14H15N3S. The summed E-state index contributed by atoms with van der Waals surface area (Å²) in [6, 6.07) is 6.44. The first-order valence-corrected chi connectivity index (χ1v) is 6.81. The van der Waals surface area contributed by atoms with Gasteiger partial charge in [-0.15, -0.1) is 11.3 Å². The zero-order valence-electron chi connectivity index (χ0n) is 10.5. The number of hydrogen-bond donors (Lipinski definition) is 1. The third-order valence-electron chi connectivity index (χ3n) is 3.33. The van der Waals surface area contributed by atoms with E-state index in [0.717, 1.165) is 21.9 Å². The van der Waals surface area contributed by atoms with Crippen molar-refractivity contribution in [1.82, 2.24) is 9.38 Å². The summed E-state index contributed by atoms with van der Waals surface area (Å²) < 4.78 is 2.08. The number of fused-ring (bicyclic) bond motifs is 1. The van der Waals surface area contributed by atoms with E-state index in [1.54, 1.807) is 11.3 Å². The fourth-order valence-corrected chi connectivity index (χ4v) is 2.88. The van der Waals surface area contributed by atoms with Crippen molar-refractivity contribution in [2.45, 2.75) is 20.4 Å². The molecule has 0 bridgehead atoms. The molecule has 0 fully saturated rings. The normalized spacial score (nSPS) is 11.3. The van der Waals surface area contributed by atoms with E-state index < -0.39 is 0 Å². The first kappa shape index (κ1) is 11.4. The summed E-state index contributed by atoms with van der Waals surface area (Å²) in [6.45, 7) is 4.74. The minimum Gasteiger partial charge on any atom is -0.325 e. The molecule has 0 atom stereocenters. The smallest absolute Gasteiger partial charge is 0.194 e. The van der Waals surface area contributed by atoms with Crippen LogP contribution in [-0.4, -0.2) is 9.38 Å². The van der Waals surface area contributed by atoms with E-state index in [-0.39, 0.29) is 0 Å². The number of imidazole rings is 1. The molecule has 0 spiro atoms. The van der Waals surface area contributed by atoms with Crippen molar-refractivity contribution in [3.63, 3.8) is 0 Å². The zero-order valence-corrected chi connectivity index (χ0v) is 11.3. The Bertz CT molecular complexity index is 709. The highest BCUT2D eigenvalue weighted by molar-refractivity contribution is 7.15. The molecule has 0 radical (unpaired) electrons. The molecule has 2 N–H and O–H groups in total. The monoisotopic (exact) mass is 257 g/mol. The van der Waals surface area contributed by atoms with E-state index in [9.17, 15) is 0 Å². The molecule has 0 aliphatic heterocycles. The Hall–Kier alpha value is -1.65. The molecule has 0 saturated carbocycles. The summed E-state index contributed by atoms with van der Waals surface area (Å²) in [5.74, 6) is 0. The van der Waals surface area contributed by atoms with Gasteiger partial charge in [0.05, 0.1) is 11.4 Å². The molecule has 0 unspecified atom stereocenters. The van der Waals surface area contributed by atoms with E-state index in [0.29, 0.717) is 6.54 Å². The summed E-state index contributed by atoms with van der Waals surface area (Å²) in [5.41, 5.74) is 11.7. The van der Waals surface area contributed by atoms with Crippen molar-refractivity contribution >= 4 is 16.3 Å². The molecule has 2 heterocycles. The van der Waals surface area contributed by atoms with Gasteiger partial charge in [0.2, 0.25) is 0 Å². The number of aryl methyl sites for hydroxylation is 2. The average Bonchev–Trinajstić information content (AvgIpc) is 2.92. The van der Waals surface area contributed by atoms with Gasteiger partial charge in [-0.05, 0) is 31.0 Å². The maximum atomic E-state index is 5.87. The molecular weight excluding hydrogens is 242 g/mol. The third kappa shape index (κ3) is 1.65. The van der Waals surface area contributed by atoms with Gasteiger partial charge in [0.15, 0.2) is 4.96 Å². The van der Waals surface area contributed by atoms with Gasteiger partial charge in [0, 0.05) is 23.7 Å². The highest BCUT2D eigenvalue weighted by Crippen LogP contribution is 2.27. The lowest BCUT2D eigenvalue weighted by molar-refractivity contribution is 0.970. The van der Waals surface area contributed by atoms with Crippen LogP contribution >= 0.6 is 11.3 Å². The van der Waals surface area contributed by atoms with Gasteiger partial charge < -0.3 is 5.73 Å². The molecule has 3 aromatic rings. The number of benzene rings is 1. The number of thiazole rings is 1. The SMILES string of the molecule is Cc1ccc(-c2nc3sccn3c2CN)cc1C. The van der Waals surface area contributed by atoms with Crippen LogP contribution in [0.2, 0.25) is 0 Å². The van der Waals surface area contributed by atoms with Crippen LogP contribution in [0, 0.1) is 13.8 Å². The van der Waals surface area contributed by atoms with Crippen LogP contribution < -0.4 is 5.73 Å². The topological polar surface area (TPSA) is 43.3 Å². The van der Waals surface area contributed by atoms with Gasteiger partial charge >= 0.3 is 0 Å². The van der Waals surface area contributed by atoms with Crippen LogP contribution in [0.25, 0.3) is 16.2 Å². The van der Waals surface area contributed by atoms with Crippen LogP contribution in [0.15, 0.2) is 29.8 Å². The fourth-order valence-electron chi connectivity index (χ4n) is 2.15. The van der Waals surface area contributed by atoms with Gasteiger partial charge in [-0.3, -0.25) is 4.40 Å². The number of nitrogens with two attached hydrogens (primary N) is 1. The van der Waals surface area contributed by atoms with Gasteiger partial charge in [-0.25, -0.2) is 4.98 Å². The van der Waals surface area contributed by atoms with Crippen LogP contribution in [-0.2, 0) is 6.54 Å². The van der Waals surface area contributed by atoms with Gasteiger partial charge in [0.25, 0.3) is 0 Å². The second-order valence-corrected chi connectivity index (χ2v) is 5.34. The highest BCUT2D eigenvalue weighted by atomic mass is 32.1. The van der Waals surface area contributed by atoms with E-state index in [1.165, 1.54) is 11.1 Å². The predicted molar refractivity (Wildman–Crippen MR) is 75.9 cm³/mol. The van der Waals surface area contributed by atoms with Gasteiger partial charge in [-0.2, -0.15) is 0 Å². The maximum absolute atomic E-state index is 5.87. The lowest BCUT2D eigenvalue weighted by Crippen LogP contribution is -2.01. The average molecular weight is 257 g/mol. The number of hydrogen-bond acceptors (Lipinski definition) is 3. The van der Waals surface area contributed by atoms with Crippen molar-refractivity contribution < 1.29 is 0 Å². The molecule has 18 heavy (non-hydrogen) atoms. The standard InChI is InChI=1S/C14H15N3S/c1-9-3-4-11(7-10(9)2)13-12(8-15)17-5-6-18-14(17)16-13/h3-7H,8,15H2,1-2H3. The first-order valence-electron chi connectivity index (χ1n) is 5.93. The highest BCUT2D eigenvalue weighted by Gasteiger charge is 2.13. The van der Waals surface area contributed by atoms with Crippen molar-refractivity contribution in [1.29, 1.82) is 0 Å². The van der Waals surface area contributed by atoms with Crippen LogP contribution in [0.3, 0.4) is 0 Å². The Labute approximate surface area is 110 Å². The fraction of sp³-hybridized carbons (Fsp3) is 0.214. The molecule has 0 aliphatic carbocycles. The van der Waals surface area contributed by atoms with Crippen molar-refractivity contribution in [2.75, 3.05) is 0 Å². The Morgan fingerprint density at radius 1 is 1.28 bits per heavy atom. The molecule has 0 saturated heterocycles. The molecule has 1 aromatic carbocycles. The summed E-state index contributed by atoms with van der Waals surface area (Å²) in [4.78, 5) is 5.69. The molecule has 2 aromatic heterocycles. The zero-order chi connectivity index (χ0) is 12.7. The van der Waals surface area contributed by atoms with Crippen molar-refractivity contribution in [3.05, 3.63) is 46.6 Å². The minimum atomic E-state index is 0.500. The Morgan fingerprint density at radius 3 is 2.83 bits per heavy atom. The lowest BCUT2D eigenvalue weighted by atomic mass is 10.0. The Kier molecular flexibility index (Phi) is 2.69. The number of aromatic nitrogens is 2. The summed E-state index contributed by atoms with van der Waals surface area (Å²) in [7, 11) is 0. The number of rotatable bonds is 2. The second-order valence-electron chi connectivity index (χ2n) is 4.47. The van der Waals surface area contributed by atoms with E-state index >= 15 is 0 Å². The van der Waals surface area contributed by atoms with Gasteiger partial charge in [-0.1, -0.05) is 12.1 Å². The summed E-state index contributed by atoms with van der Waals surface area (Å²) in [6.07, 6.45) is 2.03. The second kappa shape index (κ2) is 4.23. The van der Waals surface area contributed by atoms with Crippen LogP contribution in [0.1, 0.15) is 16.8 Å². The largest absolute Gasteiger partial charge is 0.325 e. The lowest BCUT2D eigenvalue weighted by Gasteiger charge is -2.05. The van der Waals surface area contributed by atoms with Gasteiger partial charge in [0.1, 0.15) is 0 Å². The summed E-state index contributed by atoms with van der Waals surface area (Å²) >= 11 is 1.64. The maximum Gasteiger partial charge on any atom is 0.194 e. The Balaban J connectivity index is 2.23. The molecule has 0 amide bonds. The molecule has 3 nitrogen and oxygen atoms in total. The molecule has 3 rings (SSSR count). The Morgan fingerprint density at radius 2 is 2.11 bits per heavy atom. The van der Waals surface area contributed by atoms with E-state index in [1.807, 2.05) is 11.6 Å². The molecule has 0 aliphatic rings. The predicted octanol–water partition coefficient (Wildman–Crippen LogP) is 3.14. The molecule has 4 heteroatoms. The van der Waals surface area contributed by atoms with Crippen LogP contribution in [0.5, 0.6) is 0 Å². The van der Waals surface area contributed by atoms with E-state index in [4.69, 9.17) is 5.73 Å². The van der Waals surface area contributed by atoms with Crippen LogP contribution in [0.4, 0.5) is 0 Å². The van der Waals surface area contributed by atoms with Crippen molar-refractivity contribution in [2.24, 2.45) is 5.73 Å². The number of nitrogens with zero attached hydrogens (tertiary/aromatic N) is 2. The minimum absolute atomic E-state index is 0.500. The first-order chi connectivity index (χ1) is 8.70. The summed E-state index contributed by atoms with van der Waals surface area (Å²) in [5, 5.41) is 2.03. The van der Waals surface area contributed by atoms with E-state index in [2.05, 4.69) is 41.4 Å². The third-order valence-corrected chi connectivity index (χ3v) is 4.09. The van der Waals surface area contributed by atoms with Crippen molar-refractivity contribution in [3.8, 4) is 11.3 Å².